The fourth-order valence-electron chi connectivity index (χ4n) is 3.09. The Kier molecular flexibility index (Phi) is 6.05. The third-order valence-corrected chi connectivity index (χ3v) is 4.77. The number of ether oxygens (including phenoxy) is 2. The first kappa shape index (κ1) is 20.0. The molecule has 0 spiro atoms. The molecule has 0 radical (unpaired) electrons. The quantitative estimate of drug-likeness (QED) is 0.342. The molecule has 0 aliphatic heterocycles. The standard InChI is InChI=1S/C23H20ClFN2O3/c1-2-28-23-21(25)22(16-7-4-3-5-8-16)26-27(23)12-14-30-20-11-10-17(15-18(20)24)19-9-6-13-29-19/h3-11,13,15H,2,12,14H2,1H3. The van der Waals surface area contributed by atoms with Crippen molar-refractivity contribution in [3.8, 4) is 34.2 Å². The summed E-state index contributed by atoms with van der Waals surface area (Å²) in [6.45, 7) is 2.68. The molecule has 5 nitrogen and oxygen atoms in total. The monoisotopic (exact) mass is 426 g/mol. The number of aromatic nitrogens is 2. The molecule has 0 saturated carbocycles. The Morgan fingerprint density at radius 1 is 1.03 bits per heavy atom. The molecule has 154 valence electrons. The van der Waals surface area contributed by atoms with E-state index in [2.05, 4.69) is 5.10 Å². The van der Waals surface area contributed by atoms with Gasteiger partial charge in [-0.15, -0.1) is 0 Å². The number of rotatable bonds is 8. The van der Waals surface area contributed by atoms with Crippen molar-refractivity contribution in [2.24, 2.45) is 0 Å². The third-order valence-electron chi connectivity index (χ3n) is 4.48. The van der Waals surface area contributed by atoms with Crippen LogP contribution in [0.3, 0.4) is 0 Å². The van der Waals surface area contributed by atoms with Crippen molar-refractivity contribution in [3.05, 3.63) is 77.8 Å². The summed E-state index contributed by atoms with van der Waals surface area (Å²) in [6, 6.07) is 18.3. The van der Waals surface area contributed by atoms with E-state index in [1.54, 1.807) is 25.3 Å². The number of hydrogen-bond donors (Lipinski definition) is 0. The Labute approximate surface area is 178 Å². The summed E-state index contributed by atoms with van der Waals surface area (Å²) >= 11 is 6.34. The number of nitrogens with zero attached hydrogens (tertiary/aromatic N) is 2. The predicted octanol–water partition coefficient (Wildman–Crippen LogP) is 6.08. The highest BCUT2D eigenvalue weighted by Gasteiger charge is 2.20. The summed E-state index contributed by atoms with van der Waals surface area (Å²) in [5.74, 6) is 0.870. The zero-order valence-corrected chi connectivity index (χ0v) is 17.1. The Bertz CT molecular complexity index is 1110. The van der Waals surface area contributed by atoms with E-state index in [1.165, 1.54) is 4.68 Å². The lowest BCUT2D eigenvalue weighted by Gasteiger charge is -2.11. The SMILES string of the molecule is CCOc1c(F)c(-c2ccccc2)nn1CCOc1ccc(-c2ccco2)cc1Cl. The predicted molar refractivity (Wildman–Crippen MR) is 113 cm³/mol. The highest BCUT2D eigenvalue weighted by Crippen LogP contribution is 2.31. The number of hydrogen-bond acceptors (Lipinski definition) is 4. The van der Waals surface area contributed by atoms with E-state index in [0.29, 0.717) is 29.5 Å². The summed E-state index contributed by atoms with van der Waals surface area (Å²) in [6.07, 6.45) is 1.61. The molecular weight excluding hydrogens is 407 g/mol. The van der Waals surface area contributed by atoms with Gasteiger partial charge >= 0.3 is 0 Å². The molecular formula is C23H20ClFN2O3. The van der Waals surface area contributed by atoms with Gasteiger partial charge in [-0.3, -0.25) is 0 Å². The molecule has 30 heavy (non-hydrogen) atoms. The summed E-state index contributed by atoms with van der Waals surface area (Å²) in [7, 11) is 0. The second-order valence-corrected chi connectivity index (χ2v) is 6.87. The lowest BCUT2D eigenvalue weighted by molar-refractivity contribution is 0.253. The van der Waals surface area contributed by atoms with Crippen LogP contribution in [-0.4, -0.2) is 23.0 Å². The average Bonchev–Trinajstić information content (AvgIpc) is 3.40. The van der Waals surface area contributed by atoms with Crippen molar-refractivity contribution in [2.45, 2.75) is 13.5 Å². The molecule has 0 amide bonds. The van der Waals surface area contributed by atoms with Crippen LogP contribution in [0.2, 0.25) is 5.02 Å². The van der Waals surface area contributed by atoms with Crippen LogP contribution in [0.15, 0.2) is 71.3 Å². The fourth-order valence-corrected chi connectivity index (χ4v) is 3.32. The lowest BCUT2D eigenvalue weighted by atomic mass is 10.1. The van der Waals surface area contributed by atoms with Gasteiger partial charge in [0.15, 0.2) is 0 Å². The van der Waals surface area contributed by atoms with Gasteiger partial charge in [-0.25, -0.2) is 4.68 Å². The van der Waals surface area contributed by atoms with Crippen molar-refractivity contribution in [2.75, 3.05) is 13.2 Å². The number of furan rings is 1. The molecule has 0 aliphatic carbocycles. The van der Waals surface area contributed by atoms with Gasteiger partial charge in [0.1, 0.15) is 23.8 Å². The zero-order chi connectivity index (χ0) is 20.9. The molecule has 2 aromatic carbocycles. The van der Waals surface area contributed by atoms with Crippen molar-refractivity contribution < 1.29 is 18.3 Å². The van der Waals surface area contributed by atoms with Gasteiger partial charge in [0.05, 0.1) is 24.4 Å². The van der Waals surface area contributed by atoms with Gasteiger partial charge in [0.2, 0.25) is 11.7 Å². The largest absolute Gasteiger partial charge is 0.490 e. The van der Waals surface area contributed by atoms with Crippen molar-refractivity contribution in [3.63, 3.8) is 0 Å². The van der Waals surface area contributed by atoms with Crippen LogP contribution in [0.1, 0.15) is 6.92 Å². The van der Waals surface area contributed by atoms with Crippen LogP contribution in [0.5, 0.6) is 11.6 Å². The molecule has 0 atom stereocenters. The van der Waals surface area contributed by atoms with Crippen molar-refractivity contribution in [1.29, 1.82) is 0 Å². The molecule has 0 aliphatic rings. The van der Waals surface area contributed by atoms with Crippen LogP contribution in [0, 0.1) is 5.82 Å². The molecule has 0 unspecified atom stereocenters. The summed E-state index contributed by atoms with van der Waals surface area (Å²) < 4.78 is 33.0. The molecule has 4 aromatic rings. The maximum atomic E-state index is 14.9. The zero-order valence-electron chi connectivity index (χ0n) is 16.3. The first-order chi connectivity index (χ1) is 14.7. The number of benzene rings is 2. The van der Waals surface area contributed by atoms with Crippen LogP contribution in [0.4, 0.5) is 4.39 Å². The van der Waals surface area contributed by atoms with Gasteiger partial charge in [-0.1, -0.05) is 41.9 Å². The smallest absolute Gasteiger partial charge is 0.249 e. The number of halogens is 2. The van der Waals surface area contributed by atoms with Gasteiger partial charge in [0.25, 0.3) is 0 Å². The van der Waals surface area contributed by atoms with E-state index in [9.17, 15) is 4.39 Å². The van der Waals surface area contributed by atoms with E-state index in [0.717, 1.165) is 11.3 Å². The Morgan fingerprint density at radius 3 is 2.57 bits per heavy atom. The molecule has 0 N–H and O–H groups in total. The third kappa shape index (κ3) is 4.19. The topological polar surface area (TPSA) is 49.4 Å². The second-order valence-electron chi connectivity index (χ2n) is 6.46. The first-order valence-electron chi connectivity index (χ1n) is 9.58. The highest BCUT2D eigenvalue weighted by atomic mass is 35.5. The molecule has 2 aromatic heterocycles. The lowest BCUT2D eigenvalue weighted by Crippen LogP contribution is -2.12. The summed E-state index contributed by atoms with van der Waals surface area (Å²) in [5, 5.41) is 4.85. The normalized spacial score (nSPS) is 10.9. The molecule has 4 rings (SSSR count). The Morgan fingerprint density at radius 2 is 1.87 bits per heavy atom. The Hall–Kier alpha value is -3.25. The first-order valence-corrected chi connectivity index (χ1v) is 9.96. The van der Waals surface area contributed by atoms with Gasteiger partial charge in [0, 0.05) is 11.1 Å². The summed E-state index contributed by atoms with van der Waals surface area (Å²) in [4.78, 5) is 0. The van der Waals surface area contributed by atoms with Crippen molar-refractivity contribution >= 4 is 11.6 Å². The minimum Gasteiger partial charge on any atom is -0.490 e. The van der Waals surface area contributed by atoms with E-state index >= 15 is 0 Å². The average molecular weight is 427 g/mol. The molecule has 0 saturated heterocycles. The highest BCUT2D eigenvalue weighted by molar-refractivity contribution is 6.32. The van der Waals surface area contributed by atoms with Gasteiger partial charge in [-0.05, 0) is 37.3 Å². The fraction of sp³-hybridized carbons (Fsp3) is 0.174. The van der Waals surface area contributed by atoms with Crippen molar-refractivity contribution in [1.82, 2.24) is 9.78 Å². The molecule has 7 heteroatoms. The van der Waals surface area contributed by atoms with Crippen LogP contribution >= 0.6 is 11.6 Å². The molecule has 2 heterocycles. The van der Waals surface area contributed by atoms with Crippen LogP contribution in [-0.2, 0) is 6.54 Å². The van der Waals surface area contributed by atoms with Gasteiger partial charge in [-0.2, -0.15) is 9.49 Å². The maximum Gasteiger partial charge on any atom is 0.249 e. The minimum absolute atomic E-state index is 0.0965. The second kappa shape index (κ2) is 9.05. The van der Waals surface area contributed by atoms with E-state index < -0.39 is 5.82 Å². The van der Waals surface area contributed by atoms with Crippen LogP contribution < -0.4 is 9.47 Å². The molecule has 0 bridgehead atoms. The van der Waals surface area contributed by atoms with E-state index in [1.807, 2.05) is 48.5 Å². The summed E-state index contributed by atoms with van der Waals surface area (Å²) in [5.41, 5.74) is 1.80. The Balaban J connectivity index is 1.48. The van der Waals surface area contributed by atoms with E-state index in [4.69, 9.17) is 25.5 Å². The van der Waals surface area contributed by atoms with E-state index in [-0.39, 0.29) is 18.2 Å². The van der Waals surface area contributed by atoms with Crippen LogP contribution in [0.25, 0.3) is 22.6 Å². The molecule has 0 fully saturated rings. The van der Waals surface area contributed by atoms with Gasteiger partial charge < -0.3 is 13.9 Å². The maximum absolute atomic E-state index is 14.9. The minimum atomic E-state index is -0.483.